The largest absolute Gasteiger partial charge is 0.391 e. The highest BCUT2D eigenvalue weighted by Crippen LogP contribution is 2.32. The third kappa shape index (κ3) is 2.59. The van der Waals surface area contributed by atoms with Crippen LogP contribution in [0.1, 0.15) is 12.8 Å². The quantitative estimate of drug-likeness (QED) is 0.474. The second kappa shape index (κ2) is 4.99. The van der Waals surface area contributed by atoms with E-state index in [0.717, 1.165) is 23.7 Å². The molecule has 0 bridgehead atoms. The van der Waals surface area contributed by atoms with Crippen LogP contribution in [-0.2, 0) is 0 Å². The molecule has 1 heterocycles. The number of hydrogen-bond donors (Lipinski definition) is 4. The van der Waals surface area contributed by atoms with Gasteiger partial charge in [-0.15, -0.1) is 0 Å². The number of aliphatic hydroxyl groups is 1. The minimum absolute atomic E-state index is 0.317. The predicted molar refractivity (Wildman–Crippen MR) is 74.6 cm³/mol. The molecule has 1 fully saturated rings. The van der Waals surface area contributed by atoms with Crippen LogP contribution < -0.4 is 16.6 Å². The Labute approximate surface area is 111 Å². The first-order valence-corrected chi connectivity index (χ1v) is 6.43. The first-order valence-electron chi connectivity index (χ1n) is 6.43. The zero-order chi connectivity index (χ0) is 13.2. The van der Waals surface area contributed by atoms with Gasteiger partial charge in [0, 0.05) is 11.9 Å². The van der Waals surface area contributed by atoms with E-state index in [2.05, 4.69) is 20.7 Å². The maximum absolute atomic E-state index is 9.90. The Morgan fingerprint density at radius 2 is 2.11 bits per heavy atom. The lowest BCUT2D eigenvalue weighted by Crippen LogP contribution is -2.22. The average molecular weight is 259 g/mol. The number of anilines is 2. The molecule has 0 aliphatic heterocycles. The van der Waals surface area contributed by atoms with Crippen LogP contribution >= 0.6 is 0 Å². The van der Waals surface area contributed by atoms with Gasteiger partial charge in [0.05, 0.1) is 11.6 Å². The van der Waals surface area contributed by atoms with Crippen LogP contribution in [0.2, 0.25) is 0 Å². The molecular weight excluding hydrogens is 242 g/mol. The number of aromatic nitrogens is 2. The second-order valence-corrected chi connectivity index (χ2v) is 4.84. The number of fused-ring (bicyclic) bond motifs is 1. The van der Waals surface area contributed by atoms with Crippen LogP contribution in [-0.4, -0.2) is 27.7 Å². The number of nitrogens with zero attached hydrogens (tertiary/aromatic N) is 2. The van der Waals surface area contributed by atoms with Gasteiger partial charge in [0.1, 0.15) is 5.82 Å². The maximum atomic E-state index is 9.90. The van der Waals surface area contributed by atoms with Gasteiger partial charge in [-0.2, -0.15) is 4.98 Å². The molecule has 1 aliphatic rings. The fourth-order valence-corrected chi connectivity index (χ4v) is 2.12. The summed E-state index contributed by atoms with van der Waals surface area (Å²) in [6.07, 6.45) is 1.91. The van der Waals surface area contributed by atoms with Crippen molar-refractivity contribution in [1.82, 2.24) is 9.97 Å². The normalized spacial score (nSPS) is 16.3. The van der Waals surface area contributed by atoms with E-state index in [1.165, 1.54) is 0 Å². The van der Waals surface area contributed by atoms with Gasteiger partial charge in [-0.3, -0.25) is 5.43 Å². The molecule has 1 aromatic heterocycles. The molecule has 6 heteroatoms. The zero-order valence-electron chi connectivity index (χ0n) is 10.5. The van der Waals surface area contributed by atoms with Crippen molar-refractivity contribution in [3.05, 3.63) is 24.3 Å². The topological polar surface area (TPSA) is 96.1 Å². The van der Waals surface area contributed by atoms with E-state index in [1.807, 2.05) is 24.3 Å². The number of nitrogen functional groups attached to an aromatic ring is 1. The summed E-state index contributed by atoms with van der Waals surface area (Å²) in [5.74, 6) is 6.87. The molecule has 100 valence electrons. The van der Waals surface area contributed by atoms with Crippen molar-refractivity contribution in [1.29, 1.82) is 0 Å². The summed E-state index contributed by atoms with van der Waals surface area (Å²) in [5, 5.41) is 14.0. The SMILES string of the molecule is NNc1nc(NCC(O)C2CC2)c2ccccc2n1. The summed E-state index contributed by atoms with van der Waals surface area (Å²) in [6.45, 7) is 0.496. The summed E-state index contributed by atoms with van der Waals surface area (Å²) >= 11 is 0. The standard InChI is InChI=1S/C13H17N5O/c14-18-13-16-10-4-2-1-3-9(10)12(17-13)15-7-11(19)8-5-6-8/h1-4,8,11,19H,5-7,14H2,(H2,15,16,17,18). The molecule has 1 aromatic carbocycles. The molecule has 0 radical (unpaired) electrons. The predicted octanol–water partition coefficient (Wildman–Crippen LogP) is 1.10. The number of hydrazine groups is 1. The van der Waals surface area contributed by atoms with Crippen molar-refractivity contribution in [3.63, 3.8) is 0 Å². The monoisotopic (exact) mass is 259 g/mol. The first kappa shape index (κ1) is 12.1. The highest BCUT2D eigenvalue weighted by Gasteiger charge is 2.29. The van der Waals surface area contributed by atoms with E-state index >= 15 is 0 Å². The molecular formula is C13H17N5O. The fourth-order valence-electron chi connectivity index (χ4n) is 2.12. The van der Waals surface area contributed by atoms with Crippen LogP contribution in [0, 0.1) is 5.92 Å². The van der Waals surface area contributed by atoms with E-state index in [9.17, 15) is 5.11 Å². The Morgan fingerprint density at radius 3 is 2.84 bits per heavy atom. The van der Waals surface area contributed by atoms with Gasteiger partial charge in [-0.05, 0) is 30.9 Å². The third-order valence-electron chi connectivity index (χ3n) is 3.38. The fraction of sp³-hybridized carbons (Fsp3) is 0.385. The maximum Gasteiger partial charge on any atom is 0.239 e. The van der Waals surface area contributed by atoms with Crippen molar-refractivity contribution >= 4 is 22.7 Å². The Morgan fingerprint density at radius 1 is 1.32 bits per heavy atom. The Balaban J connectivity index is 1.87. The van der Waals surface area contributed by atoms with E-state index in [0.29, 0.717) is 24.2 Å². The molecule has 6 nitrogen and oxygen atoms in total. The van der Waals surface area contributed by atoms with Gasteiger partial charge in [-0.1, -0.05) is 12.1 Å². The van der Waals surface area contributed by atoms with E-state index < -0.39 is 0 Å². The highest BCUT2D eigenvalue weighted by molar-refractivity contribution is 5.89. The van der Waals surface area contributed by atoms with E-state index in [1.54, 1.807) is 0 Å². The van der Waals surface area contributed by atoms with Crippen molar-refractivity contribution < 1.29 is 5.11 Å². The van der Waals surface area contributed by atoms with Gasteiger partial charge in [-0.25, -0.2) is 10.8 Å². The van der Waals surface area contributed by atoms with Crippen LogP contribution in [0.4, 0.5) is 11.8 Å². The number of hydrogen-bond acceptors (Lipinski definition) is 6. The Kier molecular flexibility index (Phi) is 3.18. The lowest BCUT2D eigenvalue weighted by atomic mass is 10.2. The van der Waals surface area contributed by atoms with Gasteiger partial charge in [0.15, 0.2) is 0 Å². The first-order chi connectivity index (χ1) is 9.28. The van der Waals surface area contributed by atoms with Crippen molar-refractivity contribution in [2.75, 3.05) is 17.3 Å². The van der Waals surface area contributed by atoms with Crippen molar-refractivity contribution in [3.8, 4) is 0 Å². The third-order valence-corrected chi connectivity index (χ3v) is 3.38. The summed E-state index contributed by atoms with van der Waals surface area (Å²) in [5.41, 5.74) is 3.27. The molecule has 1 aliphatic carbocycles. The highest BCUT2D eigenvalue weighted by atomic mass is 16.3. The molecule has 0 saturated heterocycles. The Bertz CT molecular complexity index is 584. The average Bonchev–Trinajstić information content (AvgIpc) is 3.28. The number of benzene rings is 1. The smallest absolute Gasteiger partial charge is 0.239 e. The number of aliphatic hydroxyl groups excluding tert-OH is 1. The Hall–Kier alpha value is -1.92. The minimum atomic E-state index is -0.317. The summed E-state index contributed by atoms with van der Waals surface area (Å²) < 4.78 is 0. The van der Waals surface area contributed by atoms with E-state index in [-0.39, 0.29) is 6.10 Å². The molecule has 0 amide bonds. The van der Waals surface area contributed by atoms with Crippen LogP contribution in [0.3, 0.4) is 0 Å². The molecule has 0 spiro atoms. The van der Waals surface area contributed by atoms with Gasteiger partial charge in [0.2, 0.25) is 5.95 Å². The minimum Gasteiger partial charge on any atom is -0.391 e. The summed E-state index contributed by atoms with van der Waals surface area (Å²) in [6, 6.07) is 7.70. The zero-order valence-corrected chi connectivity index (χ0v) is 10.5. The number of rotatable bonds is 5. The molecule has 1 saturated carbocycles. The number of nitrogens with one attached hydrogen (secondary N) is 2. The summed E-state index contributed by atoms with van der Waals surface area (Å²) in [4.78, 5) is 8.58. The molecule has 3 rings (SSSR count). The lowest BCUT2D eigenvalue weighted by molar-refractivity contribution is 0.164. The molecule has 5 N–H and O–H groups in total. The number of para-hydroxylation sites is 1. The van der Waals surface area contributed by atoms with Crippen LogP contribution in [0.5, 0.6) is 0 Å². The molecule has 19 heavy (non-hydrogen) atoms. The van der Waals surface area contributed by atoms with Gasteiger partial charge in [0.25, 0.3) is 0 Å². The number of nitrogens with two attached hydrogens (primary N) is 1. The van der Waals surface area contributed by atoms with Crippen molar-refractivity contribution in [2.24, 2.45) is 11.8 Å². The molecule has 1 atom stereocenters. The van der Waals surface area contributed by atoms with Crippen LogP contribution in [0.15, 0.2) is 24.3 Å². The van der Waals surface area contributed by atoms with E-state index in [4.69, 9.17) is 5.84 Å². The summed E-state index contributed by atoms with van der Waals surface area (Å²) in [7, 11) is 0. The second-order valence-electron chi connectivity index (χ2n) is 4.84. The lowest BCUT2D eigenvalue weighted by Gasteiger charge is -2.13. The van der Waals surface area contributed by atoms with Crippen LogP contribution in [0.25, 0.3) is 10.9 Å². The van der Waals surface area contributed by atoms with Crippen molar-refractivity contribution in [2.45, 2.75) is 18.9 Å². The molecule has 1 unspecified atom stereocenters. The van der Waals surface area contributed by atoms with Gasteiger partial charge >= 0.3 is 0 Å². The van der Waals surface area contributed by atoms with Gasteiger partial charge < -0.3 is 10.4 Å². The molecule has 2 aromatic rings.